The van der Waals surface area contributed by atoms with Gasteiger partial charge in [0.25, 0.3) is 0 Å². The van der Waals surface area contributed by atoms with Crippen molar-refractivity contribution in [3.8, 4) is 11.5 Å². The summed E-state index contributed by atoms with van der Waals surface area (Å²) in [6.07, 6.45) is 5.81. The van der Waals surface area contributed by atoms with Gasteiger partial charge in [-0.3, -0.25) is 0 Å². The zero-order valence-electron chi connectivity index (χ0n) is 15.4. The van der Waals surface area contributed by atoms with Crippen molar-refractivity contribution in [1.82, 2.24) is 0 Å². The molecule has 2 heteroatoms. The van der Waals surface area contributed by atoms with E-state index in [0.29, 0.717) is 11.5 Å². The van der Waals surface area contributed by atoms with E-state index in [2.05, 4.69) is 38.1 Å². The molecule has 0 heterocycles. The summed E-state index contributed by atoms with van der Waals surface area (Å²) in [4.78, 5) is 0. The van der Waals surface area contributed by atoms with E-state index in [1.165, 1.54) is 11.1 Å². The fraction of sp³-hybridized carbons (Fsp3) is 0.455. The SMILES string of the molecule is CCCc1cc(CCc2cc(C)c(O)c(CCC)c2)cc(C)c1O. The summed E-state index contributed by atoms with van der Waals surface area (Å²) < 4.78 is 0. The highest BCUT2D eigenvalue weighted by atomic mass is 16.3. The quantitative estimate of drug-likeness (QED) is 0.714. The Morgan fingerprint density at radius 3 is 1.33 bits per heavy atom. The second-order valence-electron chi connectivity index (χ2n) is 6.84. The fourth-order valence-electron chi connectivity index (χ4n) is 3.36. The van der Waals surface area contributed by atoms with Crippen molar-refractivity contribution in [2.45, 2.75) is 66.2 Å². The predicted molar refractivity (Wildman–Crippen MR) is 101 cm³/mol. The molecule has 0 aromatic heterocycles. The molecule has 0 radical (unpaired) electrons. The molecule has 2 N–H and O–H groups in total. The molecule has 2 aromatic carbocycles. The van der Waals surface area contributed by atoms with Crippen LogP contribution in [-0.4, -0.2) is 10.2 Å². The van der Waals surface area contributed by atoms with E-state index in [1.807, 2.05) is 13.8 Å². The van der Waals surface area contributed by atoms with Gasteiger partial charge in [-0.2, -0.15) is 0 Å². The largest absolute Gasteiger partial charge is 0.507 e. The van der Waals surface area contributed by atoms with E-state index < -0.39 is 0 Å². The summed E-state index contributed by atoms with van der Waals surface area (Å²) in [5.74, 6) is 0.901. The molecular formula is C22H30O2. The average Bonchev–Trinajstić information content (AvgIpc) is 2.55. The normalized spacial score (nSPS) is 11.0. The zero-order valence-corrected chi connectivity index (χ0v) is 15.4. The van der Waals surface area contributed by atoms with Crippen LogP contribution >= 0.6 is 0 Å². The number of benzene rings is 2. The third-order valence-electron chi connectivity index (χ3n) is 4.62. The maximum absolute atomic E-state index is 10.2. The van der Waals surface area contributed by atoms with Crippen molar-refractivity contribution in [2.24, 2.45) is 0 Å². The molecule has 0 fully saturated rings. The van der Waals surface area contributed by atoms with Gasteiger partial charge in [0.15, 0.2) is 0 Å². The number of phenolic OH excluding ortho intramolecular Hbond substituents is 2. The van der Waals surface area contributed by atoms with Crippen LogP contribution in [0.1, 0.15) is 60.1 Å². The molecule has 0 spiro atoms. The highest BCUT2D eigenvalue weighted by molar-refractivity contribution is 5.45. The van der Waals surface area contributed by atoms with Crippen LogP contribution in [-0.2, 0) is 25.7 Å². The molecule has 2 aromatic rings. The van der Waals surface area contributed by atoms with Crippen LogP contribution in [0.15, 0.2) is 24.3 Å². The van der Waals surface area contributed by atoms with Crippen molar-refractivity contribution in [1.29, 1.82) is 0 Å². The van der Waals surface area contributed by atoms with Crippen LogP contribution in [0.4, 0.5) is 0 Å². The molecule has 130 valence electrons. The molecule has 0 atom stereocenters. The number of rotatable bonds is 7. The second kappa shape index (κ2) is 8.23. The molecule has 24 heavy (non-hydrogen) atoms. The highest BCUT2D eigenvalue weighted by Gasteiger charge is 2.09. The van der Waals surface area contributed by atoms with Crippen LogP contribution in [0.3, 0.4) is 0 Å². The maximum Gasteiger partial charge on any atom is 0.121 e. The zero-order chi connectivity index (χ0) is 17.7. The maximum atomic E-state index is 10.2. The first-order valence-electron chi connectivity index (χ1n) is 9.09. The Labute approximate surface area is 146 Å². The van der Waals surface area contributed by atoms with E-state index in [1.54, 1.807) is 0 Å². The molecule has 0 aliphatic heterocycles. The summed E-state index contributed by atoms with van der Waals surface area (Å²) >= 11 is 0. The Morgan fingerprint density at radius 1 is 0.625 bits per heavy atom. The molecule has 2 nitrogen and oxygen atoms in total. The van der Waals surface area contributed by atoms with E-state index in [9.17, 15) is 10.2 Å². The Bertz CT molecular complexity index is 640. The van der Waals surface area contributed by atoms with Gasteiger partial charge in [-0.15, -0.1) is 0 Å². The summed E-state index contributed by atoms with van der Waals surface area (Å²) in [6.45, 7) is 8.22. The molecule has 0 bridgehead atoms. The third kappa shape index (κ3) is 4.31. The third-order valence-corrected chi connectivity index (χ3v) is 4.62. The van der Waals surface area contributed by atoms with Crippen molar-refractivity contribution in [3.63, 3.8) is 0 Å². The van der Waals surface area contributed by atoms with E-state index >= 15 is 0 Å². The van der Waals surface area contributed by atoms with Gasteiger partial charge in [0.2, 0.25) is 0 Å². The Balaban J connectivity index is 2.19. The lowest BCUT2D eigenvalue weighted by atomic mass is 9.95. The standard InChI is InChI=1S/C22H30O2/c1-5-7-19-13-17(11-15(3)21(19)23)9-10-18-12-16(4)22(24)20(14-18)8-6-2/h11-14,23-24H,5-10H2,1-4H3. The smallest absolute Gasteiger partial charge is 0.121 e. The average molecular weight is 326 g/mol. The molecule has 0 saturated heterocycles. The van der Waals surface area contributed by atoms with Crippen LogP contribution in [0, 0.1) is 13.8 Å². The number of hydrogen-bond acceptors (Lipinski definition) is 2. The first-order valence-corrected chi connectivity index (χ1v) is 9.09. The Hall–Kier alpha value is -1.96. The van der Waals surface area contributed by atoms with Gasteiger partial charge in [-0.1, -0.05) is 51.0 Å². The summed E-state index contributed by atoms with van der Waals surface area (Å²) in [7, 11) is 0. The van der Waals surface area contributed by atoms with Gasteiger partial charge in [-0.05, 0) is 72.9 Å². The number of aromatic hydroxyl groups is 2. The first kappa shape index (κ1) is 18.4. The van der Waals surface area contributed by atoms with Crippen LogP contribution in [0.25, 0.3) is 0 Å². The van der Waals surface area contributed by atoms with Crippen LogP contribution in [0.5, 0.6) is 11.5 Å². The molecule has 0 saturated carbocycles. The van der Waals surface area contributed by atoms with Crippen molar-refractivity contribution < 1.29 is 10.2 Å². The van der Waals surface area contributed by atoms with Gasteiger partial charge in [0.1, 0.15) is 11.5 Å². The van der Waals surface area contributed by atoms with E-state index in [0.717, 1.165) is 60.8 Å². The van der Waals surface area contributed by atoms with Crippen molar-refractivity contribution in [2.75, 3.05) is 0 Å². The Kier molecular flexibility index (Phi) is 6.30. The number of hydrogen-bond donors (Lipinski definition) is 2. The van der Waals surface area contributed by atoms with Gasteiger partial charge >= 0.3 is 0 Å². The van der Waals surface area contributed by atoms with Crippen LogP contribution < -0.4 is 0 Å². The lowest BCUT2D eigenvalue weighted by Gasteiger charge is -2.12. The fourth-order valence-corrected chi connectivity index (χ4v) is 3.36. The van der Waals surface area contributed by atoms with Crippen molar-refractivity contribution in [3.05, 3.63) is 57.6 Å². The second-order valence-corrected chi connectivity index (χ2v) is 6.84. The molecule has 0 amide bonds. The van der Waals surface area contributed by atoms with E-state index in [-0.39, 0.29) is 0 Å². The van der Waals surface area contributed by atoms with Gasteiger partial charge in [0, 0.05) is 0 Å². The first-order chi connectivity index (χ1) is 11.5. The summed E-state index contributed by atoms with van der Waals surface area (Å²) in [5, 5.41) is 20.3. The molecule has 0 unspecified atom stereocenters. The highest BCUT2D eigenvalue weighted by Crippen LogP contribution is 2.28. The van der Waals surface area contributed by atoms with Gasteiger partial charge < -0.3 is 10.2 Å². The van der Waals surface area contributed by atoms with Gasteiger partial charge in [-0.25, -0.2) is 0 Å². The summed E-state index contributed by atoms with van der Waals surface area (Å²) in [5.41, 5.74) is 6.59. The lowest BCUT2D eigenvalue weighted by Crippen LogP contribution is -1.98. The minimum Gasteiger partial charge on any atom is -0.507 e. The molecular weight excluding hydrogens is 296 g/mol. The van der Waals surface area contributed by atoms with Gasteiger partial charge in [0.05, 0.1) is 0 Å². The molecule has 0 aliphatic rings. The van der Waals surface area contributed by atoms with Crippen molar-refractivity contribution >= 4 is 0 Å². The molecule has 0 aliphatic carbocycles. The Morgan fingerprint density at radius 2 is 1.00 bits per heavy atom. The number of phenols is 2. The monoisotopic (exact) mass is 326 g/mol. The van der Waals surface area contributed by atoms with Crippen LogP contribution in [0.2, 0.25) is 0 Å². The number of aryl methyl sites for hydroxylation is 6. The summed E-state index contributed by atoms with van der Waals surface area (Å²) in [6, 6.07) is 8.47. The minimum absolute atomic E-state index is 0.450. The topological polar surface area (TPSA) is 40.5 Å². The molecule has 2 rings (SSSR count). The van der Waals surface area contributed by atoms with E-state index in [4.69, 9.17) is 0 Å². The minimum atomic E-state index is 0.450. The lowest BCUT2D eigenvalue weighted by molar-refractivity contribution is 0.462. The predicted octanol–water partition coefficient (Wildman–Crippen LogP) is 5.40.